The van der Waals surface area contributed by atoms with Gasteiger partial charge in [0.05, 0.1) is 25.6 Å². The van der Waals surface area contributed by atoms with Gasteiger partial charge in [-0.05, 0) is 36.4 Å². The zero-order chi connectivity index (χ0) is 16.4. The van der Waals surface area contributed by atoms with E-state index in [2.05, 4.69) is 4.99 Å². The van der Waals surface area contributed by atoms with Crippen molar-refractivity contribution in [2.75, 3.05) is 32.7 Å². The summed E-state index contributed by atoms with van der Waals surface area (Å²) >= 11 is 0. The first kappa shape index (κ1) is 15.1. The number of hydrogen-bond acceptors (Lipinski definition) is 4. The Labute approximate surface area is 135 Å². The van der Waals surface area contributed by atoms with E-state index in [9.17, 15) is 4.79 Å². The van der Waals surface area contributed by atoms with Crippen LogP contribution in [0.5, 0.6) is 11.5 Å². The zero-order valence-corrected chi connectivity index (χ0v) is 13.4. The van der Waals surface area contributed by atoms with Gasteiger partial charge in [-0.25, -0.2) is 0 Å². The molecule has 0 saturated heterocycles. The summed E-state index contributed by atoms with van der Waals surface area (Å²) in [6.07, 6.45) is 0. The van der Waals surface area contributed by atoms with E-state index in [0.29, 0.717) is 5.75 Å². The first-order valence-electron chi connectivity index (χ1n) is 7.28. The van der Waals surface area contributed by atoms with Gasteiger partial charge in [0.25, 0.3) is 0 Å². The quantitative estimate of drug-likeness (QED) is 0.875. The Kier molecular flexibility index (Phi) is 4.02. The molecule has 118 valence electrons. The maximum absolute atomic E-state index is 12.2. The van der Waals surface area contributed by atoms with Crippen molar-refractivity contribution in [3.63, 3.8) is 0 Å². The predicted molar refractivity (Wildman–Crippen MR) is 89.9 cm³/mol. The number of rotatable bonds is 3. The van der Waals surface area contributed by atoms with Gasteiger partial charge in [0.15, 0.2) is 0 Å². The predicted octanol–water partition coefficient (Wildman–Crippen LogP) is 2.52. The van der Waals surface area contributed by atoms with E-state index in [0.717, 1.165) is 28.3 Å². The number of benzodiazepines with no additional fused rings is 1. The van der Waals surface area contributed by atoms with Crippen LogP contribution in [-0.2, 0) is 4.79 Å². The molecule has 0 aliphatic carbocycles. The van der Waals surface area contributed by atoms with Crippen molar-refractivity contribution in [1.82, 2.24) is 0 Å². The molecule has 0 atom stereocenters. The maximum Gasteiger partial charge on any atom is 0.248 e. The molecule has 2 aromatic carbocycles. The molecule has 1 amide bonds. The van der Waals surface area contributed by atoms with Crippen LogP contribution in [0.15, 0.2) is 47.5 Å². The molecule has 0 bridgehead atoms. The zero-order valence-electron chi connectivity index (χ0n) is 13.4. The van der Waals surface area contributed by atoms with Crippen molar-refractivity contribution < 1.29 is 14.3 Å². The number of likely N-dealkylation sites (N-methyl/N-ethyl adjacent to an activating group) is 1. The highest BCUT2D eigenvalue weighted by atomic mass is 16.5. The van der Waals surface area contributed by atoms with Gasteiger partial charge in [0.1, 0.15) is 18.0 Å². The second-order valence-corrected chi connectivity index (χ2v) is 5.23. The van der Waals surface area contributed by atoms with E-state index in [4.69, 9.17) is 9.47 Å². The van der Waals surface area contributed by atoms with E-state index in [1.807, 2.05) is 42.5 Å². The summed E-state index contributed by atoms with van der Waals surface area (Å²) in [6.45, 7) is 0.120. The van der Waals surface area contributed by atoms with Gasteiger partial charge in [0, 0.05) is 24.2 Å². The Balaban J connectivity index is 2.13. The molecule has 2 aromatic rings. The number of methoxy groups -OCH3 is 2. The molecule has 0 aromatic heterocycles. The fraction of sp³-hybridized carbons (Fsp3) is 0.222. The lowest BCUT2D eigenvalue weighted by Crippen LogP contribution is -2.27. The SMILES string of the molecule is COc1ccc(C2=NCC(=O)N(C)c3cc(OC)ccc32)cc1. The number of anilines is 1. The summed E-state index contributed by atoms with van der Waals surface area (Å²) in [5.41, 5.74) is 3.44. The summed E-state index contributed by atoms with van der Waals surface area (Å²) < 4.78 is 10.5. The lowest BCUT2D eigenvalue weighted by Gasteiger charge is -2.19. The van der Waals surface area contributed by atoms with Gasteiger partial charge in [-0.2, -0.15) is 0 Å². The van der Waals surface area contributed by atoms with Crippen molar-refractivity contribution in [3.05, 3.63) is 53.6 Å². The summed E-state index contributed by atoms with van der Waals surface area (Å²) in [7, 11) is 5.00. The second kappa shape index (κ2) is 6.12. The minimum Gasteiger partial charge on any atom is -0.497 e. The molecule has 1 aliphatic heterocycles. The molecular weight excluding hydrogens is 292 g/mol. The highest BCUT2D eigenvalue weighted by molar-refractivity contribution is 6.19. The topological polar surface area (TPSA) is 51.1 Å². The highest BCUT2D eigenvalue weighted by Crippen LogP contribution is 2.30. The van der Waals surface area contributed by atoms with E-state index in [1.165, 1.54) is 0 Å². The second-order valence-electron chi connectivity index (χ2n) is 5.23. The molecule has 0 N–H and O–H groups in total. The van der Waals surface area contributed by atoms with Crippen LogP contribution in [0.1, 0.15) is 11.1 Å². The van der Waals surface area contributed by atoms with Crippen LogP contribution in [-0.4, -0.2) is 39.4 Å². The summed E-state index contributed by atoms with van der Waals surface area (Å²) in [5.74, 6) is 1.44. The standard InChI is InChI=1S/C18H18N2O3/c1-20-16-10-14(23-3)8-9-15(16)18(19-11-17(20)21)12-4-6-13(22-2)7-5-12/h4-10H,11H2,1-3H3. The molecule has 0 saturated carbocycles. The van der Waals surface area contributed by atoms with Gasteiger partial charge in [-0.3, -0.25) is 9.79 Å². The van der Waals surface area contributed by atoms with Crippen LogP contribution >= 0.6 is 0 Å². The number of hydrogen-bond donors (Lipinski definition) is 0. The number of benzene rings is 2. The molecule has 5 nitrogen and oxygen atoms in total. The van der Waals surface area contributed by atoms with Crippen LogP contribution in [0, 0.1) is 0 Å². The van der Waals surface area contributed by atoms with E-state index in [1.54, 1.807) is 26.2 Å². The third kappa shape index (κ3) is 2.77. The van der Waals surface area contributed by atoms with E-state index < -0.39 is 0 Å². The Morgan fingerprint density at radius 2 is 1.65 bits per heavy atom. The molecular formula is C18H18N2O3. The van der Waals surface area contributed by atoms with Crippen molar-refractivity contribution >= 4 is 17.3 Å². The van der Waals surface area contributed by atoms with Crippen LogP contribution in [0.3, 0.4) is 0 Å². The number of nitrogens with zero attached hydrogens (tertiary/aromatic N) is 2. The van der Waals surface area contributed by atoms with Gasteiger partial charge in [-0.1, -0.05) is 0 Å². The molecule has 23 heavy (non-hydrogen) atoms. The van der Waals surface area contributed by atoms with E-state index in [-0.39, 0.29) is 12.5 Å². The number of aliphatic imine (C=N–C) groups is 1. The minimum absolute atomic E-state index is 0.0528. The van der Waals surface area contributed by atoms with Gasteiger partial charge >= 0.3 is 0 Å². The van der Waals surface area contributed by atoms with Crippen LogP contribution in [0.4, 0.5) is 5.69 Å². The monoisotopic (exact) mass is 310 g/mol. The average Bonchev–Trinajstić information content (AvgIpc) is 2.72. The average molecular weight is 310 g/mol. The highest BCUT2D eigenvalue weighted by Gasteiger charge is 2.23. The summed E-state index contributed by atoms with van der Waals surface area (Å²) in [4.78, 5) is 18.4. The maximum atomic E-state index is 12.2. The third-order valence-corrected chi connectivity index (χ3v) is 3.93. The first-order chi connectivity index (χ1) is 11.1. The summed E-state index contributed by atoms with van der Waals surface area (Å²) in [6, 6.07) is 13.3. The number of carbonyl (C=O) groups is 1. The van der Waals surface area contributed by atoms with E-state index >= 15 is 0 Å². The Hall–Kier alpha value is -2.82. The minimum atomic E-state index is -0.0528. The first-order valence-corrected chi connectivity index (χ1v) is 7.28. The lowest BCUT2D eigenvalue weighted by molar-refractivity contribution is -0.116. The third-order valence-electron chi connectivity index (χ3n) is 3.93. The van der Waals surface area contributed by atoms with Crippen LogP contribution in [0.2, 0.25) is 0 Å². The van der Waals surface area contributed by atoms with Crippen LogP contribution in [0.25, 0.3) is 0 Å². The molecule has 0 radical (unpaired) electrons. The summed E-state index contributed by atoms with van der Waals surface area (Å²) in [5, 5.41) is 0. The number of amides is 1. The molecule has 0 fully saturated rings. The van der Waals surface area contributed by atoms with Crippen molar-refractivity contribution in [3.8, 4) is 11.5 Å². The van der Waals surface area contributed by atoms with Crippen molar-refractivity contribution in [2.24, 2.45) is 4.99 Å². The largest absolute Gasteiger partial charge is 0.497 e. The fourth-order valence-corrected chi connectivity index (χ4v) is 2.58. The molecule has 0 unspecified atom stereocenters. The van der Waals surface area contributed by atoms with Crippen LogP contribution < -0.4 is 14.4 Å². The lowest BCUT2D eigenvalue weighted by atomic mass is 10.00. The number of carbonyl (C=O) groups excluding carboxylic acids is 1. The molecule has 0 spiro atoms. The number of ether oxygens (including phenoxy) is 2. The Morgan fingerprint density at radius 3 is 2.30 bits per heavy atom. The molecule has 5 heteroatoms. The van der Waals surface area contributed by atoms with Gasteiger partial charge < -0.3 is 14.4 Å². The smallest absolute Gasteiger partial charge is 0.248 e. The fourth-order valence-electron chi connectivity index (χ4n) is 2.58. The van der Waals surface area contributed by atoms with Crippen molar-refractivity contribution in [2.45, 2.75) is 0 Å². The van der Waals surface area contributed by atoms with Gasteiger partial charge in [-0.15, -0.1) is 0 Å². The van der Waals surface area contributed by atoms with Gasteiger partial charge in [0.2, 0.25) is 5.91 Å². The Morgan fingerprint density at radius 1 is 1.00 bits per heavy atom. The Bertz CT molecular complexity index is 766. The normalized spacial score (nSPS) is 14.0. The molecule has 1 aliphatic rings. The molecule has 3 rings (SSSR count). The molecule has 1 heterocycles. The van der Waals surface area contributed by atoms with Crippen molar-refractivity contribution in [1.29, 1.82) is 0 Å². The number of fused-ring (bicyclic) bond motifs is 1.